The van der Waals surface area contributed by atoms with Crippen LogP contribution < -0.4 is 10.1 Å². The van der Waals surface area contributed by atoms with Gasteiger partial charge in [-0.15, -0.1) is 0 Å². The number of likely N-dealkylation sites (tertiary alicyclic amines) is 1. The Morgan fingerprint density at radius 2 is 1.93 bits per heavy atom. The molecule has 0 radical (unpaired) electrons. The van der Waals surface area contributed by atoms with E-state index < -0.39 is 0 Å². The van der Waals surface area contributed by atoms with Crippen molar-refractivity contribution >= 4 is 17.5 Å². The second-order valence-electron chi connectivity index (χ2n) is 6.79. The number of hydrogen-bond acceptors (Lipinski definition) is 3. The Morgan fingerprint density at radius 1 is 1.19 bits per heavy atom. The van der Waals surface area contributed by atoms with Crippen molar-refractivity contribution in [1.82, 2.24) is 4.90 Å². The number of amides is 2. The minimum Gasteiger partial charge on any atom is -0.495 e. The molecule has 1 heterocycles. The number of methoxy groups -OCH3 is 1. The summed E-state index contributed by atoms with van der Waals surface area (Å²) >= 11 is 0. The van der Waals surface area contributed by atoms with Crippen LogP contribution in [0.2, 0.25) is 0 Å². The zero-order valence-electron chi connectivity index (χ0n) is 15.5. The molecule has 1 fully saturated rings. The van der Waals surface area contributed by atoms with Crippen LogP contribution in [0.3, 0.4) is 0 Å². The summed E-state index contributed by atoms with van der Waals surface area (Å²) in [5.41, 5.74) is 2.07. The van der Waals surface area contributed by atoms with Gasteiger partial charge in [0.15, 0.2) is 0 Å². The summed E-state index contributed by atoms with van der Waals surface area (Å²) in [6, 6.07) is 11.1. The van der Waals surface area contributed by atoms with E-state index >= 15 is 0 Å². The molecule has 0 unspecified atom stereocenters. The summed E-state index contributed by atoms with van der Waals surface area (Å²) in [6.45, 7) is 2.88. The smallest absolute Gasteiger partial charge is 0.253 e. The van der Waals surface area contributed by atoms with Crippen LogP contribution in [0.15, 0.2) is 42.5 Å². The van der Waals surface area contributed by atoms with Gasteiger partial charge < -0.3 is 15.0 Å². The van der Waals surface area contributed by atoms with Gasteiger partial charge in [-0.25, -0.2) is 4.39 Å². The molecule has 1 saturated heterocycles. The summed E-state index contributed by atoms with van der Waals surface area (Å²) in [5.74, 6) is -0.386. The molecule has 1 aliphatic rings. The van der Waals surface area contributed by atoms with Gasteiger partial charge in [-0.3, -0.25) is 9.59 Å². The molecule has 0 aliphatic carbocycles. The standard InChI is InChI=1S/C21H23FN2O3/c1-14-5-10-19(27-2)18(12-14)23-20(25)16-4-3-11-24(13-16)21(26)15-6-8-17(22)9-7-15/h5-10,12,16H,3-4,11,13H2,1-2H3,(H,23,25)/t16-/m1/s1. The molecule has 1 atom stereocenters. The normalized spacial score (nSPS) is 16.7. The highest BCUT2D eigenvalue weighted by molar-refractivity contribution is 5.97. The summed E-state index contributed by atoms with van der Waals surface area (Å²) in [4.78, 5) is 27.0. The molecular formula is C21H23FN2O3. The van der Waals surface area contributed by atoms with E-state index in [1.165, 1.54) is 24.3 Å². The number of rotatable bonds is 4. The van der Waals surface area contributed by atoms with E-state index in [0.717, 1.165) is 12.0 Å². The molecule has 1 aliphatic heterocycles. The molecule has 0 spiro atoms. The zero-order chi connectivity index (χ0) is 19.4. The summed E-state index contributed by atoms with van der Waals surface area (Å²) < 4.78 is 18.4. The number of hydrogen-bond donors (Lipinski definition) is 1. The van der Waals surface area contributed by atoms with Gasteiger partial charge in [0.25, 0.3) is 5.91 Å². The monoisotopic (exact) mass is 370 g/mol. The van der Waals surface area contributed by atoms with Gasteiger partial charge in [0.05, 0.1) is 18.7 Å². The molecule has 6 heteroatoms. The molecular weight excluding hydrogens is 347 g/mol. The Kier molecular flexibility index (Phi) is 5.74. The first-order valence-corrected chi connectivity index (χ1v) is 8.98. The lowest BCUT2D eigenvalue weighted by atomic mass is 9.96. The maximum absolute atomic E-state index is 13.1. The summed E-state index contributed by atoms with van der Waals surface area (Å²) in [6.07, 6.45) is 1.46. The Bertz CT molecular complexity index is 836. The van der Waals surface area contributed by atoms with E-state index in [-0.39, 0.29) is 23.5 Å². The predicted molar refractivity (Wildman–Crippen MR) is 101 cm³/mol. The van der Waals surface area contributed by atoms with Gasteiger partial charge in [0, 0.05) is 18.7 Å². The van der Waals surface area contributed by atoms with E-state index in [9.17, 15) is 14.0 Å². The molecule has 27 heavy (non-hydrogen) atoms. The van der Waals surface area contributed by atoms with Crippen LogP contribution in [0.25, 0.3) is 0 Å². The molecule has 0 saturated carbocycles. The van der Waals surface area contributed by atoms with Crippen LogP contribution in [-0.4, -0.2) is 36.9 Å². The number of ether oxygens (including phenoxy) is 1. The second-order valence-corrected chi connectivity index (χ2v) is 6.79. The molecule has 1 N–H and O–H groups in total. The molecule has 5 nitrogen and oxygen atoms in total. The fraction of sp³-hybridized carbons (Fsp3) is 0.333. The molecule has 2 aromatic carbocycles. The third kappa shape index (κ3) is 4.45. The Morgan fingerprint density at radius 3 is 2.63 bits per heavy atom. The molecule has 3 rings (SSSR count). The average Bonchev–Trinajstić information content (AvgIpc) is 2.68. The van der Waals surface area contributed by atoms with Crippen LogP contribution in [-0.2, 0) is 4.79 Å². The van der Waals surface area contributed by atoms with E-state index in [0.29, 0.717) is 36.5 Å². The molecule has 2 amide bonds. The fourth-order valence-electron chi connectivity index (χ4n) is 3.30. The van der Waals surface area contributed by atoms with Gasteiger partial charge in [-0.05, 0) is 61.7 Å². The minimum absolute atomic E-state index is 0.129. The van der Waals surface area contributed by atoms with Gasteiger partial charge in [-0.1, -0.05) is 6.07 Å². The highest BCUT2D eigenvalue weighted by Crippen LogP contribution is 2.27. The number of carbonyl (C=O) groups excluding carboxylic acids is 2. The molecule has 0 bridgehead atoms. The van der Waals surface area contributed by atoms with Crippen molar-refractivity contribution < 1.29 is 18.7 Å². The quantitative estimate of drug-likeness (QED) is 0.894. The number of piperidine rings is 1. The molecule has 2 aromatic rings. The number of benzene rings is 2. The second kappa shape index (κ2) is 8.20. The van der Waals surface area contributed by atoms with E-state index in [2.05, 4.69) is 5.32 Å². The van der Waals surface area contributed by atoms with Crippen LogP contribution in [0, 0.1) is 18.7 Å². The number of nitrogens with zero attached hydrogens (tertiary/aromatic N) is 1. The van der Waals surface area contributed by atoms with Gasteiger partial charge >= 0.3 is 0 Å². The Balaban J connectivity index is 1.68. The Labute approximate surface area is 158 Å². The molecule has 0 aromatic heterocycles. The third-order valence-electron chi connectivity index (χ3n) is 4.78. The first-order chi connectivity index (χ1) is 13.0. The van der Waals surface area contributed by atoms with Crippen LogP contribution in [0.5, 0.6) is 5.75 Å². The van der Waals surface area contributed by atoms with Gasteiger partial charge in [0.1, 0.15) is 11.6 Å². The SMILES string of the molecule is COc1ccc(C)cc1NC(=O)[C@@H]1CCCN(C(=O)c2ccc(F)cc2)C1. The lowest BCUT2D eigenvalue weighted by Gasteiger charge is -2.32. The number of anilines is 1. The van der Waals surface area contributed by atoms with Crippen molar-refractivity contribution in [2.24, 2.45) is 5.92 Å². The van der Waals surface area contributed by atoms with Gasteiger partial charge in [-0.2, -0.15) is 0 Å². The minimum atomic E-state index is -0.380. The Hall–Kier alpha value is -2.89. The highest BCUT2D eigenvalue weighted by atomic mass is 19.1. The van der Waals surface area contributed by atoms with Gasteiger partial charge in [0.2, 0.25) is 5.91 Å². The first kappa shape index (κ1) is 18.9. The third-order valence-corrected chi connectivity index (χ3v) is 4.78. The maximum Gasteiger partial charge on any atom is 0.253 e. The van der Waals surface area contributed by atoms with Crippen molar-refractivity contribution in [3.63, 3.8) is 0 Å². The number of aryl methyl sites for hydroxylation is 1. The maximum atomic E-state index is 13.1. The summed E-state index contributed by atoms with van der Waals surface area (Å²) in [5, 5.41) is 2.93. The fourth-order valence-corrected chi connectivity index (χ4v) is 3.30. The average molecular weight is 370 g/mol. The first-order valence-electron chi connectivity index (χ1n) is 8.98. The van der Waals surface area contributed by atoms with Crippen molar-refractivity contribution in [3.8, 4) is 5.75 Å². The van der Waals surface area contributed by atoms with Crippen LogP contribution in [0.4, 0.5) is 10.1 Å². The van der Waals surface area contributed by atoms with E-state index in [4.69, 9.17) is 4.74 Å². The number of carbonyl (C=O) groups is 2. The lowest BCUT2D eigenvalue weighted by Crippen LogP contribution is -2.43. The van der Waals surface area contributed by atoms with E-state index in [1.807, 2.05) is 25.1 Å². The van der Waals surface area contributed by atoms with Crippen LogP contribution >= 0.6 is 0 Å². The summed E-state index contributed by atoms with van der Waals surface area (Å²) in [7, 11) is 1.56. The lowest BCUT2D eigenvalue weighted by molar-refractivity contribution is -0.121. The number of nitrogens with one attached hydrogen (secondary N) is 1. The highest BCUT2D eigenvalue weighted by Gasteiger charge is 2.29. The topological polar surface area (TPSA) is 58.6 Å². The van der Waals surface area contributed by atoms with Crippen molar-refractivity contribution in [2.75, 3.05) is 25.5 Å². The van der Waals surface area contributed by atoms with Crippen molar-refractivity contribution in [1.29, 1.82) is 0 Å². The molecule has 142 valence electrons. The zero-order valence-corrected chi connectivity index (χ0v) is 15.5. The van der Waals surface area contributed by atoms with Crippen LogP contribution in [0.1, 0.15) is 28.8 Å². The number of halogens is 1. The van der Waals surface area contributed by atoms with Crippen molar-refractivity contribution in [2.45, 2.75) is 19.8 Å². The van der Waals surface area contributed by atoms with E-state index in [1.54, 1.807) is 12.0 Å². The van der Waals surface area contributed by atoms with Crippen molar-refractivity contribution in [3.05, 3.63) is 59.4 Å². The predicted octanol–water partition coefficient (Wildman–Crippen LogP) is 3.63. The largest absolute Gasteiger partial charge is 0.495 e.